The molecule has 3 rings (SSSR count). The summed E-state index contributed by atoms with van der Waals surface area (Å²) in [6, 6.07) is 13.8. The molecule has 2 aromatic rings. The van der Waals surface area contributed by atoms with Crippen LogP contribution in [0.1, 0.15) is 44.2 Å². The van der Waals surface area contributed by atoms with E-state index in [4.69, 9.17) is 39.5 Å². The highest BCUT2D eigenvalue weighted by Gasteiger charge is 2.57. The zero-order chi connectivity index (χ0) is 28.1. The van der Waals surface area contributed by atoms with Crippen molar-refractivity contribution in [3.8, 4) is 0 Å². The van der Waals surface area contributed by atoms with Crippen LogP contribution in [-0.2, 0) is 10.3 Å². The Morgan fingerprint density at radius 2 is 1.89 bits per heavy atom. The molecule has 1 heterocycles. The van der Waals surface area contributed by atoms with Crippen LogP contribution in [0.25, 0.3) is 0 Å². The van der Waals surface area contributed by atoms with Crippen LogP contribution in [0.2, 0.25) is 10.0 Å². The van der Waals surface area contributed by atoms with E-state index in [0.717, 1.165) is 11.1 Å². The minimum absolute atomic E-state index is 0.0857. The lowest BCUT2D eigenvalue weighted by molar-refractivity contribution is -0.129. The Hall–Kier alpha value is -2.46. The first-order valence-electron chi connectivity index (χ1n) is 12.5. The van der Waals surface area contributed by atoms with E-state index >= 15 is 0 Å². The van der Waals surface area contributed by atoms with Crippen LogP contribution in [-0.4, -0.2) is 53.3 Å². The Morgan fingerprint density at radius 3 is 2.50 bits per heavy atom. The Bertz CT molecular complexity index is 1150. The van der Waals surface area contributed by atoms with Crippen molar-refractivity contribution in [1.29, 1.82) is 0 Å². The van der Waals surface area contributed by atoms with Gasteiger partial charge < -0.3 is 21.3 Å². The number of aliphatic hydroxyl groups excluding tert-OH is 2. The van der Waals surface area contributed by atoms with Crippen LogP contribution in [0.5, 0.6) is 0 Å². The van der Waals surface area contributed by atoms with Crippen molar-refractivity contribution in [3.05, 3.63) is 82.0 Å². The fourth-order valence-corrected chi connectivity index (χ4v) is 5.30. The minimum Gasteiger partial charge on any atom is -0.394 e. The number of amidine groups is 1. The highest BCUT2D eigenvalue weighted by atomic mass is 35.5. The number of carbonyl (C=O) groups is 1. The lowest BCUT2D eigenvalue weighted by Crippen LogP contribution is -2.55. The second-order valence-electron chi connectivity index (χ2n) is 11.0. The standard InChI is InChI=1S/C28H37Cl2N5O3/c1-27(2,3)14-22-28(32,18-7-9-19(29)10-8-18)24(17-5-4-6-20(30)13-17)25(34-22)26(38)35-23(31)11-12-33-15-21(37)16-36/h4-13,21-22,24-25,33-34,36-37H,14-16,32H2,1-3H3,(H2,31,35,38)/p+1/b12-11-/t21-,22+,24+,25-,28-/m1/s1. The summed E-state index contributed by atoms with van der Waals surface area (Å²) in [5.41, 5.74) is 7.99. The Morgan fingerprint density at radius 1 is 1.21 bits per heavy atom. The summed E-state index contributed by atoms with van der Waals surface area (Å²) in [4.78, 5) is 13.7. The van der Waals surface area contributed by atoms with Crippen molar-refractivity contribution in [3.63, 3.8) is 0 Å². The van der Waals surface area contributed by atoms with Crippen molar-refractivity contribution in [2.45, 2.75) is 56.8 Å². The highest BCUT2D eigenvalue weighted by molar-refractivity contribution is 6.30. The molecule has 9 N–H and O–H groups in total. The van der Waals surface area contributed by atoms with Crippen molar-refractivity contribution in [2.75, 3.05) is 13.2 Å². The second kappa shape index (κ2) is 12.6. The molecule has 0 bridgehead atoms. The molecule has 0 aromatic heterocycles. The predicted molar refractivity (Wildman–Crippen MR) is 152 cm³/mol. The number of nitrogens with one attached hydrogen (secondary N) is 3. The molecule has 1 saturated heterocycles. The monoisotopic (exact) mass is 562 g/mol. The molecule has 38 heavy (non-hydrogen) atoms. The first kappa shape index (κ1) is 30.1. The van der Waals surface area contributed by atoms with Gasteiger partial charge in [-0.1, -0.05) is 68.2 Å². The van der Waals surface area contributed by atoms with Gasteiger partial charge in [0.05, 0.1) is 18.2 Å². The molecule has 1 fully saturated rings. The molecule has 8 nitrogen and oxygen atoms in total. The summed E-state index contributed by atoms with van der Waals surface area (Å²) < 4.78 is 0. The Labute approximate surface area is 234 Å². The number of halogens is 2. The molecule has 0 aliphatic carbocycles. The molecule has 5 atom stereocenters. The third-order valence-electron chi connectivity index (χ3n) is 6.67. The molecule has 0 spiro atoms. The van der Waals surface area contributed by atoms with Gasteiger partial charge in [-0.2, -0.15) is 0 Å². The first-order valence-corrected chi connectivity index (χ1v) is 13.3. The molecule has 206 valence electrons. The van der Waals surface area contributed by atoms with E-state index in [0.29, 0.717) is 16.5 Å². The Balaban J connectivity index is 1.99. The molecule has 0 radical (unpaired) electrons. The van der Waals surface area contributed by atoms with Crippen LogP contribution in [0.4, 0.5) is 0 Å². The van der Waals surface area contributed by atoms with Crippen molar-refractivity contribution in [2.24, 2.45) is 11.1 Å². The van der Waals surface area contributed by atoms with Crippen LogP contribution >= 0.6 is 23.2 Å². The Kier molecular flexibility index (Phi) is 9.97. The fraction of sp³-hybridized carbons (Fsp3) is 0.429. The topological polar surface area (TPSA) is 145 Å². The van der Waals surface area contributed by atoms with Gasteiger partial charge in [0.25, 0.3) is 5.84 Å². The number of aliphatic hydroxyl groups is 2. The van der Waals surface area contributed by atoms with Gasteiger partial charge in [-0.3, -0.25) is 10.7 Å². The van der Waals surface area contributed by atoms with E-state index < -0.39 is 23.6 Å². The molecule has 2 aromatic carbocycles. The van der Waals surface area contributed by atoms with Crippen LogP contribution < -0.4 is 27.1 Å². The number of hydrogen-bond donors (Lipinski definition) is 7. The predicted octanol–water partition coefficient (Wildman–Crippen LogP) is 1.44. The van der Waals surface area contributed by atoms with Crippen molar-refractivity contribution in [1.82, 2.24) is 16.0 Å². The lowest BCUT2D eigenvalue weighted by atomic mass is 9.68. The summed E-state index contributed by atoms with van der Waals surface area (Å²) >= 11 is 12.6. The van der Waals surface area contributed by atoms with E-state index in [1.165, 1.54) is 12.3 Å². The van der Waals surface area contributed by atoms with Gasteiger partial charge in [0, 0.05) is 40.8 Å². The van der Waals surface area contributed by atoms with Gasteiger partial charge in [-0.15, -0.1) is 0 Å². The third kappa shape index (κ3) is 7.34. The van der Waals surface area contributed by atoms with E-state index in [9.17, 15) is 9.90 Å². The molecule has 1 aliphatic heterocycles. The largest absolute Gasteiger partial charge is 0.394 e. The van der Waals surface area contributed by atoms with E-state index in [2.05, 4.69) is 36.7 Å². The first-order chi connectivity index (χ1) is 17.8. The minimum atomic E-state index is -0.975. The fourth-order valence-electron chi connectivity index (χ4n) is 4.98. The molecule has 0 saturated carbocycles. The molecule has 10 heteroatoms. The highest BCUT2D eigenvalue weighted by Crippen LogP contribution is 2.48. The maximum atomic E-state index is 13.7. The van der Waals surface area contributed by atoms with Gasteiger partial charge in [-0.25, -0.2) is 10.1 Å². The molecule has 1 aliphatic rings. The van der Waals surface area contributed by atoms with Crippen molar-refractivity contribution >= 4 is 34.9 Å². The summed E-state index contributed by atoms with van der Waals surface area (Å²) in [6.45, 7) is 6.18. The average molecular weight is 564 g/mol. The smallest absolute Gasteiger partial charge is 0.325 e. The van der Waals surface area contributed by atoms with Gasteiger partial charge in [0.15, 0.2) is 0 Å². The lowest BCUT2D eigenvalue weighted by Gasteiger charge is -2.39. The zero-order valence-electron chi connectivity index (χ0n) is 21.9. The van der Waals surface area contributed by atoms with Crippen LogP contribution in [0.3, 0.4) is 0 Å². The van der Waals surface area contributed by atoms with E-state index in [1.807, 2.05) is 30.3 Å². The number of hydrogen-bond acceptors (Lipinski definition) is 6. The SMILES string of the molecule is CC(C)(C)C[C@@H]1N[C@@H](C(=O)NC(=[NH2+])/C=C\NC[C@@H](O)CO)[C@H](c2cccc(Cl)c2)[C@@]1(N)c1ccc(Cl)cc1. The number of amides is 1. The summed E-state index contributed by atoms with van der Waals surface area (Å²) in [6.07, 6.45) is 2.77. The van der Waals surface area contributed by atoms with Crippen molar-refractivity contribution < 1.29 is 20.4 Å². The van der Waals surface area contributed by atoms with Gasteiger partial charge >= 0.3 is 5.91 Å². The summed E-state index contributed by atoms with van der Waals surface area (Å²) in [7, 11) is 0. The maximum Gasteiger partial charge on any atom is 0.325 e. The van der Waals surface area contributed by atoms with Crippen LogP contribution in [0.15, 0.2) is 60.8 Å². The van der Waals surface area contributed by atoms with Gasteiger partial charge in [0.1, 0.15) is 6.04 Å². The zero-order valence-corrected chi connectivity index (χ0v) is 23.4. The molecular weight excluding hydrogens is 525 g/mol. The molecule has 0 unspecified atom stereocenters. The number of nitrogens with two attached hydrogens (primary N) is 2. The van der Waals surface area contributed by atoms with Gasteiger partial charge in [-0.05, 0) is 47.2 Å². The summed E-state index contributed by atoms with van der Waals surface area (Å²) in [5, 5.41) is 34.7. The number of rotatable bonds is 9. The third-order valence-corrected chi connectivity index (χ3v) is 7.16. The maximum absolute atomic E-state index is 13.7. The average Bonchev–Trinajstić information content (AvgIpc) is 3.13. The summed E-state index contributed by atoms with van der Waals surface area (Å²) in [5.74, 6) is -0.710. The van der Waals surface area contributed by atoms with E-state index in [-0.39, 0.29) is 36.4 Å². The van der Waals surface area contributed by atoms with E-state index in [1.54, 1.807) is 18.2 Å². The molecular formula is C28H38Cl2N5O3+. The number of benzene rings is 2. The van der Waals surface area contributed by atoms with Crippen LogP contribution in [0, 0.1) is 5.41 Å². The molecule has 1 amide bonds. The second-order valence-corrected chi connectivity index (χ2v) is 11.8. The number of carbonyl (C=O) groups excluding carboxylic acids is 1. The normalized spacial score (nSPS) is 24.4. The van der Waals surface area contributed by atoms with Gasteiger partial charge in [0.2, 0.25) is 0 Å². The quantitative estimate of drug-likeness (QED) is 0.182.